The van der Waals surface area contributed by atoms with Crippen molar-refractivity contribution in [1.29, 1.82) is 0 Å². The van der Waals surface area contributed by atoms with Crippen molar-refractivity contribution in [2.24, 2.45) is 0 Å². The zero-order chi connectivity index (χ0) is 11.5. The largest absolute Gasteiger partial charge is 0.392 e. The van der Waals surface area contributed by atoms with Crippen molar-refractivity contribution in [3.8, 4) is 0 Å². The van der Waals surface area contributed by atoms with Crippen LogP contribution in [0.5, 0.6) is 0 Å². The Bertz CT molecular complexity index is 510. The first kappa shape index (κ1) is 11.0. The van der Waals surface area contributed by atoms with Gasteiger partial charge in [0.15, 0.2) is 0 Å². The third-order valence-electron chi connectivity index (χ3n) is 2.80. The number of hydrogen-bond donors (Lipinski definition) is 1. The maximum absolute atomic E-state index is 9.06. The summed E-state index contributed by atoms with van der Waals surface area (Å²) in [6.07, 6.45) is 3.10. The SMILES string of the molecule is C=C(C)CCn1ccc2cc(CO)ccc21. The van der Waals surface area contributed by atoms with E-state index in [1.807, 2.05) is 12.1 Å². The van der Waals surface area contributed by atoms with Crippen molar-refractivity contribution in [2.45, 2.75) is 26.5 Å². The van der Waals surface area contributed by atoms with Gasteiger partial charge in [-0.3, -0.25) is 0 Å². The molecule has 2 nitrogen and oxygen atoms in total. The van der Waals surface area contributed by atoms with E-state index in [1.54, 1.807) is 0 Å². The standard InChI is InChI=1S/C14H17NO/c1-11(2)5-7-15-8-6-13-9-12(10-16)3-4-14(13)15/h3-4,6,8-9,16H,1,5,7,10H2,2H3. The van der Waals surface area contributed by atoms with Gasteiger partial charge in [-0.2, -0.15) is 0 Å². The molecule has 0 bridgehead atoms. The van der Waals surface area contributed by atoms with Gasteiger partial charge in [-0.05, 0) is 42.5 Å². The second-order valence-electron chi connectivity index (χ2n) is 4.27. The molecule has 1 N–H and O–H groups in total. The number of nitrogens with zero attached hydrogens (tertiary/aromatic N) is 1. The third kappa shape index (κ3) is 2.17. The minimum atomic E-state index is 0.104. The van der Waals surface area contributed by atoms with Crippen molar-refractivity contribution < 1.29 is 5.11 Å². The van der Waals surface area contributed by atoms with Crippen LogP contribution in [0.15, 0.2) is 42.6 Å². The third-order valence-corrected chi connectivity index (χ3v) is 2.80. The summed E-state index contributed by atoms with van der Waals surface area (Å²) < 4.78 is 2.23. The van der Waals surface area contributed by atoms with Crippen molar-refractivity contribution in [3.05, 3.63) is 48.2 Å². The molecule has 0 aliphatic heterocycles. The molecule has 0 atom stereocenters. The second-order valence-corrected chi connectivity index (χ2v) is 4.27. The van der Waals surface area contributed by atoms with Gasteiger partial charge in [-0.15, -0.1) is 6.58 Å². The molecule has 16 heavy (non-hydrogen) atoms. The second kappa shape index (κ2) is 4.54. The van der Waals surface area contributed by atoms with Crippen LogP contribution in [0.1, 0.15) is 18.9 Å². The number of benzene rings is 1. The summed E-state index contributed by atoms with van der Waals surface area (Å²) in [6.45, 7) is 7.04. The molecule has 0 fully saturated rings. The molecular weight excluding hydrogens is 198 g/mol. The molecule has 1 heterocycles. The summed E-state index contributed by atoms with van der Waals surface area (Å²) in [5.41, 5.74) is 3.39. The number of aromatic nitrogens is 1. The Balaban J connectivity index is 2.30. The molecule has 0 spiro atoms. The first-order valence-electron chi connectivity index (χ1n) is 5.53. The highest BCUT2D eigenvalue weighted by molar-refractivity contribution is 5.80. The summed E-state index contributed by atoms with van der Waals surface area (Å²) in [7, 11) is 0. The number of rotatable bonds is 4. The quantitative estimate of drug-likeness (QED) is 0.779. The lowest BCUT2D eigenvalue weighted by molar-refractivity contribution is 0.282. The van der Waals surface area contributed by atoms with E-state index in [4.69, 9.17) is 5.11 Å². The lowest BCUT2D eigenvalue weighted by Gasteiger charge is -2.05. The number of aliphatic hydroxyl groups excluding tert-OH is 1. The van der Waals surface area contributed by atoms with Gasteiger partial charge in [0.05, 0.1) is 6.61 Å². The fraction of sp³-hybridized carbons (Fsp3) is 0.286. The predicted molar refractivity (Wildman–Crippen MR) is 67.3 cm³/mol. The van der Waals surface area contributed by atoms with Gasteiger partial charge in [-0.25, -0.2) is 0 Å². The minimum Gasteiger partial charge on any atom is -0.392 e. The Hall–Kier alpha value is -1.54. The van der Waals surface area contributed by atoms with Gasteiger partial charge in [0.25, 0.3) is 0 Å². The first-order valence-corrected chi connectivity index (χ1v) is 5.53. The molecule has 0 aliphatic carbocycles. The number of aliphatic hydroxyl groups is 1. The maximum Gasteiger partial charge on any atom is 0.0682 e. The average Bonchev–Trinajstić information content (AvgIpc) is 2.68. The Morgan fingerprint density at radius 2 is 2.19 bits per heavy atom. The molecule has 0 aliphatic rings. The molecule has 0 unspecified atom stereocenters. The smallest absolute Gasteiger partial charge is 0.0682 e. The highest BCUT2D eigenvalue weighted by Gasteiger charge is 2.01. The van der Waals surface area contributed by atoms with Crippen molar-refractivity contribution in [3.63, 3.8) is 0 Å². The molecular formula is C14H17NO. The van der Waals surface area contributed by atoms with E-state index in [2.05, 4.69) is 36.4 Å². The highest BCUT2D eigenvalue weighted by Crippen LogP contribution is 2.18. The van der Waals surface area contributed by atoms with Crippen molar-refractivity contribution in [1.82, 2.24) is 4.57 Å². The first-order chi connectivity index (χ1) is 7.70. The van der Waals surface area contributed by atoms with Gasteiger partial charge in [0.2, 0.25) is 0 Å². The fourth-order valence-electron chi connectivity index (χ4n) is 1.85. The monoisotopic (exact) mass is 215 g/mol. The number of fused-ring (bicyclic) bond motifs is 1. The fourth-order valence-corrected chi connectivity index (χ4v) is 1.85. The lowest BCUT2D eigenvalue weighted by atomic mass is 10.1. The van der Waals surface area contributed by atoms with E-state index in [0.717, 1.165) is 18.5 Å². The van der Waals surface area contributed by atoms with Crippen LogP contribution in [0.4, 0.5) is 0 Å². The molecule has 1 aromatic heterocycles. The lowest BCUT2D eigenvalue weighted by Crippen LogP contribution is -1.96. The zero-order valence-electron chi connectivity index (χ0n) is 9.61. The normalized spacial score (nSPS) is 10.9. The van der Waals surface area contributed by atoms with Crippen LogP contribution in [0, 0.1) is 0 Å². The molecule has 0 amide bonds. The molecule has 2 aromatic rings. The number of hydrogen-bond acceptors (Lipinski definition) is 1. The molecule has 0 saturated carbocycles. The molecule has 0 radical (unpaired) electrons. The van der Waals surface area contributed by atoms with Crippen LogP contribution in [0.25, 0.3) is 10.9 Å². The molecule has 2 rings (SSSR count). The Labute approximate surface area is 95.8 Å². The van der Waals surface area contributed by atoms with E-state index < -0.39 is 0 Å². The van der Waals surface area contributed by atoms with Gasteiger partial charge in [-0.1, -0.05) is 11.6 Å². The van der Waals surface area contributed by atoms with Crippen LogP contribution >= 0.6 is 0 Å². The minimum absolute atomic E-state index is 0.104. The van der Waals surface area contributed by atoms with Crippen LogP contribution in [0.2, 0.25) is 0 Å². The van der Waals surface area contributed by atoms with E-state index in [-0.39, 0.29) is 6.61 Å². The molecule has 84 valence electrons. The van der Waals surface area contributed by atoms with E-state index in [1.165, 1.54) is 16.5 Å². The van der Waals surface area contributed by atoms with Gasteiger partial charge in [0.1, 0.15) is 0 Å². The van der Waals surface area contributed by atoms with Gasteiger partial charge >= 0.3 is 0 Å². The Morgan fingerprint density at radius 1 is 1.38 bits per heavy atom. The van der Waals surface area contributed by atoms with E-state index >= 15 is 0 Å². The highest BCUT2D eigenvalue weighted by atomic mass is 16.3. The Kier molecular flexibility index (Phi) is 3.11. The average molecular weight is 215 g/mol. The van der Waals surface area contributed by atoms with Crippen molar-refractivity contribution >= 4 is 10.9 Å². The van der Waals surface area contributed by atoms with Crippen LogP contribution in [-0.2, 0) is 13.2 Å². The van der Waals surface area contributed by atoms with Crippen molar-refractivity contribution in [2.75, 3.05) is 0 Å². The maximum atomic E-state index is 9.06. The summed E-state index contributed by atoms with van der Waals surface area (Å²) in [6, 6.07) is 8.17. The van der Waals surface area contributed by atoms with Crippen LogP contribution in [-0.4, -0.2) is 9.67 Å². The van der Waals surface area contributed by atoms with Crippen LogP contribution in [0.3, 0.4) is 0 Å². The summed E-state index contributed by atoms with van der Waals surface area (Å²) in [4.78, 5) is 0. The zero-order valence-corrected chi connectivity index (χ0v) is 9.61. The summed E-state index contributed by atoms with van der Waals surface area (Å²) in [5.74, 6) is 0. The van der Waals surface area contributed by atoms with E-state index in [9.17, 15) is 0 Å². The van der Waals surface area contributed by atoms with Crippen LogP contribution < -0.4 is 0 Å². The number of aryl methyl sites for hydroxylation is 1. The molecule has 0 saturated heterocycles. The van der Waals surface area contributed by atoms with Gasteiger partial charge in [0, 0.05) is 18.3 Å². The van der Waals surface area contributed by atoms with Gasteiger partial charge < -0.3 is 9.67 Å². The Morgan fingerprint density at radius 3 is 2.88 bits per heavy atom. The predicted octanol–water partition coefficient (Wildman–Crippen LogP) is 3.10. The van der Waals surface area contributed by atoms with E-state index in [0.29, 0.717) is 0 Å². The summed E-state index contributed by atoms with van der Waals surface area (Å²) in [5, 5.41) is 10.2. The molecule has 2 heteroatoms. The summed E-state index contributed by atoms with van der Waals surface area (Å²) >= 11 is 0. The molecule has 1 aromatic carbocycles. The number of allylic oxidation sites excluding steroid dienone is 1. The topological polar surface area (TPSA) is 25.2 Å².